The van der Waals surface area contributed by atoms with E-state index in [0.717, 1.165) is 25.9 Å². The van der Waals surface area contributed by atoms with Crippen LogP contribution in [0.5, 0.6) is 0 Å². The molecule has 3 heteroatoms. The van der Waals surface area contributed by atoms with Crippen LogP contribution < -0.4 is 5.32 Å². The number of nitrogens with zero attached hydrogens (tertiary/aromatic N) is 1. The summed E-state index contributed by atoms with van der Waals surface area (Å²) in [7, 11) is 2.15. The third-order valence-electron chi connectivity index (χ3n) is 4.68. The van der Waals surface area contributed by atoms with Crippen molar-refractivity contribution in [1.82, 2.24) is 10.2 Å². The molecule has 3 nitrogen and oxygen atoms in total. The van der Waals surface area contributed by atoms with Gasteiger partial charge in [-0.15, -0.1) is 0 Å². The molecule has 1 aromatic carbocycles. The first-order valence-electron chi connectivity index (χ1n) is 7.26. The van der Waals surface area contributed by atoms with Gasteiger partial charge in [0.05, 0.1) is 5.41 Å². The molecule has 3 rings (SSSR count). The van der Waals surface area contributed by atoms with Crippen molar-refractivity contribution in [1.29, 1.82) is 0 Å². The highest BCUT2D eigenvalue weighted by molar-refractivity contribution is 5.91. The Morgan fingerprint density at radius 2 is 2.11 bits per heavy atom. The number of carbonyl (C=O) groups is 1. The molecule has 0 aromatic heterocycles. The lowest BCUT2D eigenvalue weighted by atomic mass is 9.95. The summed E-state index contributed by atoms with van der Waals surface area (Å²) in [5.74, 6) is 0.221. The molecule has 1 aliphatic heterocycles. The second-order valence-electron chi connectivity index (χ2n) is 5.93. The Morgan fingerprint density at radius 1 is 1.37 bits per heavy atom. The zero-order chi connectivity index (χ0) is 13.3. The molecular weight excluding hydrogens is 236 g/mol. The minimum atomic E-state index is -0.224. The molecule has 1 heterocycles. The van der Waals surface area contributed by atoms with Gasteiger partial charge in [0, 0.05) is 12.6 Å². The predicted octanol–water partition coefficient (Wildman–Crippen LogP) is 1.93. The minimum absolute atomic E-state index is 0.221. The first-order valence-corrected chi connectivity index (χ1v) is 7.26. The summed E-state index contributed by atoms with van der Waals surface area (Å²) in [5, 5.41) is 3.18. The van der Waals surface area contributed by atoms with Crippen LogP contribution in [0.4, 0.5) is 0 Å². The van der Waals surface area contributed by atoms with Gasteiger partial charge >= 0.3 is 0 Å². The fourth-order valence-electron chi connectivity index (χ4n) is 3.15. The van der Waals surface area contributed by atoms with E-state index in [9.17, 15) is 4.79 Å². The molecule has 0 spiro atoms. The maximum atomic E-state index is 12.5. The number of likely N-dealkylation sites (N-methyl/N-ethyl adjacent to an activating group) is 1. The van der Waals surface area contributed by atoms with Crippen molar-refractivity contribution in [3.63, 3.8) is 0 Å². The molecule has 1 aromatic rings. The highest BCUT2D eigenvalue weighted by atomic mass is 16.2. The number of amides is 1. The monoisotopic (exact) mass is 258 g/mol. The van der Waals surface area contributed by atoms with E-state index in [-0.39, 0.29) is 11.3 Å². The van der Waals surface area contributed by atoms with E-state index < -0.39 is 0 Å². The number of rotatable bonds is 4. The molecule has 1 aliphatic carbocycles. The quantitative estimate of drug-likeness (QED) is 0.895. The van der Waals surface area contributed by atoms with Crippen molar-refractivity contribution in [2.45, 2.75) is 37.1 Å². The third-order valence-corrected chi connectivity index (χ3v) is 4.68. The average molecular weight is 258 g/mol. The standard InChI is InChI=1S/C16H22N2O/c1-18-11-5-8-14(18)12-17-15(19)16(9-10-16)13-6-3-2-4-7-13/h2-4,6-7,14H,5,8-12H2,1H3,(H,17,19). The number of nitrogens with one attached hydrogen (secondary N) is 1. The first-order chi connectivity index (χ1) is 9.22. The van der Waals surface area contributed by atoms with Crippen LogP contribution in [-0.4, -0.2) is 37.0 Å². The van der Waals surface area contributed by atoms with Gasteiger partial charge in [-0.3, -0.25) is 4.79 Å². The van der Waals surface area contributed by atoms with Crippen LogP contribution in [0.2, 0.25) is 0 Å². The van der Waals surface area contributed by atoms with Crippen molar-refractivity contribution in [3.05, 3.63) is 35.9 Å². The van der Waals surface area contributed by atoms with Crippen molar-refractivity contribution in [2.75, 3.05) is 20.1 Å². The van der Waals surface area contributed by atoms with E-state index in [1.165, 1.54) is 18.4 Å². The highest BCUT2D eigenvalue weighted by Gasteiger charge is 2.51. The van der Waals surface area contributed by atoms with Gasteiger partial charge in [0.15, 0.2) is 0 Å². The van der Waals surface area contributed by atoms with Gasteiger partial charge < -0.3 is 10.2 Å². The van der Waals surface area contributed by atoms with E-state index in [0.29, 0.717) is 6.04 Å². The number of hydrogen-bond donors (Lipinski definition) is 1. The van der Waals surface area contributed by atoms with Crippen LogP contribution in [0.25, 0.3) is 0 Å². The van der Waals surface area contributed by atoms with Crippen molar-refractivity contribution in [2.24, 2.45) is 0 Å². The third kappa shape index (κ3) is 2.39. The second kappa shape index (κ2) is 4.97. The Balaban J connectivity index is 1.61. The lowest BCUT2D eigenvalue weighted by Gasteiger charge is -2.22. The molecule has 1 saturated heterocycles. The van der Waals surface area contributed by atoms with Crippen molar-refractivity contribution >= 4 is 5.91 Å². The number of hydrogen-bond acceptors (Lipinski definition) is 2. The normalized spacial score (nSPS) is 25.2. The minimum Gasteiger partial charge on any atom is -0.354 e. The number of benzene rings is 1. The smallest absolute Gasteiger partial charge is 0.230 e. The van der Waals surface area contributed by atoms with Gasteiger partial charge in [-0.05, 0) is 44.8 Å². The summed E-state index contributed by atoms with van der Waals surface area (Å²) >= 11 is 0. The van der Waals surface area contributed by atoms with Gasteiger partial charge in [-0.2, -0.15) is 0 Å². The SMILES string of the molecule is CN1CCCC1CNC(=O)C1(c2ccccc2)CC1. The lowest BCUT2D eigenvalue weighted by Crippen LogP contribution is -2.42. The predicted molar refractivity (Wildman–Crippen MR) is 76.0 cm³/mol. The zero-order valence-corrected chi connectivity index (χ0v) is 11.6. The first kappa shape index (κ1) is 12.7. The van der Waals surface area contributed by atoms with Crippen LogP contribution in [0.15, 0.2) is 30.3 Å². The molecule has 0 radical (unpaired) electrons. The molecule has 1 amide bonds. The largest absolute Gasteiger partial charge is 0.354 e. The van der Waals surface area contributed by atoms with E-state index in [2.05, 4.69) is 29.4 Å². The van der Waals surface area contributed by atoms with Gasteiger partial charge in [0.25, 0.3) is 0 Å². The van der Waals surface area contributed by atoms with E-state index in [4.69, 9.17) is 0 Å². The zero-order valence-electron chi connectivity index (χ0n) is 11.6. The molecule has 2 aliphatic rings. The van der Waals surface area contributed by atoms with Gasteiger partial charge in [0.1, 0.15) is 0 Å². The molecule has 1 saturated carbocycles. The van der Waals surface area contributed by atoms with E-state index >= 15 is 0 Å². The Morgan fingerprint density at radius 3 is 2.68 bits per heavy atom. The van der Waals surface area contributed by atoms with E-state index in [1.807, 2.05) is 18.2 Å². The summed E-state index contributed by atoms with van der Waals surface area (Å²) < 4.78 is 0. The lowest BCUT2D eigenvalue weighted by molar-refractivity contribution is -0.123. The molecule has 2 fully saturated rings. The highest BCUT2D eigenvalue weighted by Crippen LogP contribution is 2.48. The van der Waals surface area contributed by atoms with Crippen LogP contribution >= 0.6 is 0 Å². The summed E-state index contributed by atoms with van der Waals surface area (Å²) in [6.07, 6.45) is 4.43. The van der Waals surface area contributed by atoms with Gasteiger partial charge in [-0.1, -0.05) is 30.3 Å². The summed E-state index contributed by atoms with van der Waals surface area (Å²) in [5.41, 5.74) is 0.950. The molecule has 0 bridgehead atoms. The summed E-state index contributed by atoms with van der Waals surface area (Å²) in [6, 6.07) is 10.7. The molecule has 1 unspecified atom stereocenters. The Hall–Kier alpha value is -1.35. The van der Waals surface area contributed by atoms with Gasteiger partial charge in [0.2, 0.25) is 5.91 Å². The maximum Gasteiger partial charge on any atom is 0.230 e. The topological polar surface area (TPSA) is 32.3 Å². The number of likely N-dealkylation sites (tertiary alicyclic amines) is 1. The Kier molecular flexibility index (Phi) is 3.31. The molecular formula is C16H22N2O. The van der Waals surface area contributed by atoms with Crippen LogP contribution in [-0.2, 0) is 10.2 Å². The van der Waals surface area contributed by atoms with Crippen molar-refractivity contribution < 1.29 is 4.79 Å². The Labute approximate surface area is 115 Å². The van der Waals surface area contributed by atoms with Gasteiger partial charge in [-0.25, -0.2) is 0 Å². The Bertz CT molecular complexity index is 453. The second-order valence-corrected chi connectivity index (χ2v) is 5.93. The van der Waals surface area contributed by atoms with Crippen molar-refractivity contribution in [3.8, 4) is 0 Å². The fraction of sp³-hybridized carbons (Fsp3) is 0.562. The molecule has 102 valence electrons. The average Bonchev–Trinajstić information content (AvgIpc) is 3.16. The summed E-state index contributed by atoms with van der Waals surface area (Å²) in [6.45, 7) is 1.95. The number of carbonyl (C=O) groups excluding carboxylic acids is 1. The van der Waals surface area contributed by atoms with Crippen LogP contribution in [0.3, 0.4) is 0 Å². The molecule has 19 heavy (non-hydrogen) atoms. The van der Waals surface area contributed by atoms with Crippen LogP contribution in [0.1, 0.15) is 31.2 Å². The fourth-order valence-corrected chi connectivity index (χ4v) is 3.15. The summed E-state index contributed by atoms with van der Waals surface area (Å²) in [4.78, 5) is 14.8. The molecule has 1 N–H and O–H groups in total. The van der Waals surface area contributed by atoms with E-state index in [1.54, 1.807) is 0 Å². The maximum absolute atomic E-state index is 12.5. The molecule has 1 atom stereocenters. The van der Waals surface area contributed by atoms with Crippen LogP contribution in [0, 0.1) is 0 Å².